The van der Waals surface area contributed by atoms with E-state index in [4.69, 9.17) is 0 Å². The number of rotatable bonds is 2. The second-order valence-corrected chi connectivity index (χ2v) is 4.62. The Morgan fingerprint density at radius 2 is 2.17 bits per heavy atom. The van der Waals surface area contributed by atoms with Gasteiger partial charge in [0, 0.05) is 18.8 Å². The lowest BCUT2D eigenvalue weighted by atomic mass is 9.99. The lowest BCUT2D eigenvalue weighted by Crippen LogP contribution is -2.34. The van der Waals surface area contributed by atoms with Crippen molar-refractivity contribution in [1.29, 1.82) is 0 Å². The van der Waals surface area contributed by atoms with Crippen LogP contribution in [0.2, 0.25) is 0 Å². The van der Waals surface area contributed by atoms with Crippen LogP contribution < -0.4 is 10.9 Å². The van der Waals surface area contributed by atoms with Crippen molar-refractivity contribution >= 4 is 0 Å². The summed E-state index contributed by atoms with van der Waals surface area (Å²) in [6.07, 6.45) is -1.55. The highest BCUT2D eigenvalue weighted by atomic mass is 19.4. The van der Waals surface area contributed by atoms with Gasteiger partial charge >= 0.3 is 6.18 Å². The summed E-state index contributed by atoms with van der Waals surface area (Å²) in [5, 5.41) is 3.18. The van der Waals surface area contributed by atoms with Crippen molar-refractivity contribution in [3.8, 4) is 0 Å². The van der Waals surface area contributed by atoms with E-state index < -0.39 is 11.7 Å². The van der Waals surface area contributed by atoms with E-state index in [1.54, 1.807) is 0 Å². The Kier molecular flexibility index (Phi) is 3.75. The number of nitrogens with zero attached hydrogens (tertiary/aromatic N) is 1. The Bertz CT molecular complexity index is 461. The molecule has 1 aliphatic rings. The van der Waals surface area contributed by atoms with Gasteiger partial charge < -0.3 is 9.88 Å². The van der Waals surface area contributed by atoms with Crippen LogP contribution in [0.3, 0.4) is 0 Å². The van der Waals surface area contributed by atoms with Crippen LogP contribution in [0.4, 0.5) is 13.2 Å². The van der Waals surface area contributed by atoms with E-state index in [0.29, 0.717) is 6.54 Å². The topological polar surface area (TPSA) is 34.0 Å². The van der Waals surface area contributed by atoms with Gasteiger partial charge in [0.2, 0.25) is 0 Å². The molecule has 1 aliphatic heterocycles. The maximum Gasteiger partial charge on any atom is 0.417 e. The lowest BCUT2D eigenvalue weighted by molar-refractivity contribution is -0.138. The average molecular weight is 260 g/mol. The monoisotopic (exact) mass is 260 g/mol. The fraction of sp³-hybridized carbons (Fsp3) is 0.583. The SMILES string of the molecule is O=c1ccc(C(F)(F)F)cn1CC1CCCNC1. The van der Waals surface area contributed by atoms with E-state index in [1.807, 2.05) is 0 Å². The zero-order valence-electron chi connectivity index (χ0n) is 9.83. The summed E-state index contributed by atoms with van der Waals surface area (Å²) in [6.45, 7) is 2.03. The third-order valence-electron chi connectivity index (χ3n) is 3.16. The minimum Gasteiger partial charge on any atom is -0.316 e. The van der Waals surface area contributed by atoms with Gasteiger partial charge in [-0.1, -0.05) is 0 Å². The predicted molar refractivity (Wildman–Crippen MR) is 61.3 cm³/mol. The van der Waals surface area contributed by atoms with Crippen molar-refractivity contribution in [3.05, 3.63) is 34.2 Å². The Balaban J connectivity index is 2.18. The fourth-order valence-electron chi connectivity index (χ4n) is 2.20. The second-order valence-electron chi connectivity index (χ2n) is 4.62. The molecule has 0 aliphatic carbocycles. The standard InChI is InChI=1S/C12H15F3N2O/c13-12(14,15)10-3-4-11(18)17(8-10)7-9-2-1-5-16-6-9/h3-4,8-9,16H,1-2,5-7H2. The zero-order valence-corrected chi connectivity index (χ0v) is 9.83. The number of pyridine rings is 1. The molecule has 2 rings (SSSR count). The Morgan fingerprint density at radius 3 is 2.78 bits per heavy atom. The Labute approximate surface area is 103 Å². The van der Waals surface area contributed by atoms with Crippen LogP contribution >= 0.6 is 0 Å². The normalized spacial score (nSPS) is 20.9. The van der Waals surface area contributed by atoms with Gasteiger partial charge in [0.05, 0.1) is 5.56 Å². The Hall–Kier alpha value is -1.30. The van der Waals surface area contributed by atoms with Crippen LogP contribution in [0.5, 0.6) is 0 Å². The highest BCUT2D eigenvalue weighted by molar-refractivity contribution is 5.13. The molecule has 18 heavy (non-hydrogen) atoms. The third-order valence-corrected chi connectivity index (χ3v) is 3.16. The predicted octanol–water partition coefficient (Wildman–Crippen LogP) is 1.87. The maximum atomic E-state index is 12.6. The summed E-state index contributed by atoms with van der Waals surface area (Å²) in [5.41, 5.74) is -1.15. The summed E-state index contributed by atoms with van der Waals surface area (Å²) >= 11 is 0. The van der Waals surface area contributed by atoms with Gasteiger partial charge in [0.25, 0.3) is 5.56 Å². The van der Waals surface area contributed by atoms with E-state index in [9.17, 15) is 18.0 Å². The molecule has 1 atom stereocenters. The summed E-state index contributed by atoms with van der Waals surface area (Å²) in [6, 6.07) is 1.82. The maximum absolute atomic E-state index is 12.6. The fourth-order valence-corrected chi connectivity index (χ4v) is 2.20. The van der Waals surface area contributed by atoms with Gasteiger partial charge in [-0.15, -0.1) is 0 Å². The molecule has 1 N–H and O–H groups in total. The minimum absolute atomic E-state index is 0.222. The number of piperidine rings is 1. The van der Waals surface area contributed by atoms with Gasteiger partial charge in [0.15, 0.2) is 0 Å². The molecule has 3 nitrogen and oxygen atoms in total. The molecule has 1 aromatic heterocycles. The van der Waals surface area contributed by atoms with Gasteiger partial charge in [-0.3, -0.25) is 4.79 Å². The van der Waals surface area contributed by atoms with E-state index in [1.165, 1.54) is 4.57 Å². The molecular formula is C12H15F3N2O. The van der Waals surface area contributed by atoms with Crippen LogP contribution in [0.1, 0.15) is 18.4 Å². The largest absolute Gasteiger partial charge is 0.417 e. The van der Waals surface area contributed by atoms with Crippen LogP contribution in [0.15, 0.2) is 23.1 Å². The summed E-state index contributed by atoms with van der Waals surface area (Å²) < 4.78 is 38.8. The molecule has 0 spiro atoms. The smallest absolute Gasteiger partial charge is 0.316 e. The highest BCUT2D eigenvalue weighted by Crippen LogP contribution is 2.28. The molecule has 0 amide bonds. The number of alkyl halides is 3. The first-order valence-electron chi connectivity index (χ1n) is 5.95. The van der Waals surface area contributed by atoms with E-state index in [-0.39, 0.29) is 11.5 Å². The van der Waals surface area contributed by atoms with Crippen molar-refractivity contribution in [2.45, 2.75) is 25.6 Å². The summed E-state index contributed by atoms with van der Waals surface area (Å²) in [4.78, 5) is 11.5. The number of nitrogens with one attached hydrogen (secondary N) is 1. The highest BCUT2D eigenvalue weighted by Gasteiger charge is 2.31. The van der Waals surface area contributed by atoms with Crippen molar-refractivity contribution in [1.82, 2.24) is 9.88 Å². The first kappa shape index (κ1) is 13.1. The van der Waals surface area contributed by atoms with Gasteiger partial charge in [-0.05, 0) is 37.9 Å². The zero-order chi connectivity index (χ0) is 13.2. The van der Waals surface area contributed by atoms with E-state index >= 15 is 0 Å². The Morgan fingerprint density at radius 1 is 1.39 bits per heavy atom. The third kappa shape index (κ3) is 3.13. The molecule has 100 valence electrons. The summed E-state index contributed by atoms with van der Waals surface area (Å²) in [5.74, 6) is 0.222. The second kappa shape index (κ2) is 5.14. The minimum atomic E-state index is -4.40. The first-order chi connectivity index (χ1) is 8.47. The molecule has 0 bridgehead atoms. The van der Waals surface area contributed by atoms with E-state index in [2.05, 4.69) is 5.32 Å². The number of halogens is 3. The quantitative estimate of drug-likeness (QED) is 0.880. The molecule has 1 saturated heterocycles. The van der Waals surface area contributed by atoms with Gasteiger partial charge in [-0.2, -0.15) is 13.2 Å². The van der Waals surface area contributed by atoms with Crippen molar-refractivity contribution in [2.24, 2.45) is 5.92 Å². The molecule has 0 aromatic carbocycles. The molecule has 1 fully saturated rings. The van der Waals surface area contributed by atoms with Gasteiger partial charge in [-0.25, -0.2) is 0 Å². The average Bonchev–Trinajstić information content (AvgIpc) is 2.32. The van der Waals surface area contributed by atoms with Crippen molar-refractivity contribution in [3.63, 3.8) is 0 Å². The van der Waals surface area contributed by atoms with Crippen LogP contribution in [0, 0.1) is 5.92 Å². The van der Waals surface area contributed by atoms with Crippen LogP contribution in [-0.2, 0) is 12.7 Å². The summed E-state index contributed by atoms with van der Waals surface area (Å²) in [7, 11) is 0. The van der Waals surface area contributed by atoms with Crippen LogP contribution in [-0.4, -0.2) is 17.7 Å². The van der Waals surface area contributed by atoms with Gasteiger partial charge in [0.1, 0.15) is 0 Å². The first-order valence-corrected chi connectivity index (χ1v) is 5.95. The molecule has 1 unspecified atom stereocenters. The molecule has 6 heteroatoms. The lowest BCUT2D eigenvalue weighted by Gasteiger charge is -2.23. The molecule has 0 radical (unpaired) electrons. The van der Waals surface area contributed by atoms with E-state index in [0.717, 1.165) is 44.3 Å². The van der Waals surface area contributed by atoms with Crippen LogP contribution in [0.25, 0.3) is 0 Å². The molecule has 1 aromatic rings. The van der Waals surface area contributed by atoms with Crippen molar-refractivity contribution in [2.75, 3.05) is 13.1 Å². The number of hydrogen-bond acceptors (Lipinski definition) is 2. The number of hydrogen-bond donors (Lipinski definition) is 1. The molecular weight excluding hydrogens is 245 g/mol. The van der Waals surface area contributed by atoms with Crippen molar-refractivity contribution < 1.29 is 13.2 Å². The number of aromatic nitrogens is 1. The molecule has 2 heterocycles. The molecule has 0 saturated carbocycles.